The SMILES string of the molecule is CC1=CC(C)C2CCOCC2(C=O)C1. The maximum absolute atomic E-state index is 11.3. The summed E-state index contributed by atoms with van der Waals surface area (Å²) < 4.78 is 5.47. The maximum Gasteiger partial charge on any atom is 0.129 e. The van der Waals surface area contributed by atoms with Gasteiger partial charge >= 0.3 is 0 Å². The second-order valence-corrected chi connectivity index (χ2v) is 4.85. The number of rotatable bonds is 1. The first-order valence-electron chi connectivity index (χ1n) is 5.39. The van der Waals surface area contributed by atoms with Crippen molar-refractivity contribution in [2.75, 3.05) is 13.2 Å². The third-order valence-corrected chi connectivity index (χ3v) is 3.71. The third-order valence-electron chi connectivity index (χ3n) is 3.71. The highest BCUT2D eigenvalue weighted by Crippen LogP contribution is 2.46. The van der Waals surface area contributed by atoms with Gasteiger partial charge in [-0.2, -0.15) is 0 Å². The van der Waals surface area contributed by atoms with Gasteiger partial charge in [0, 0.05) is 6.61 Å². The zero-order valence-corrected chi connectivity index (χ0v) is 8.95. The van der Waals surface area contributed by atoms with Crippen LogP contribution in [0.1, 0.15) is 26.7 Å². The Bertz CT molecular complexity index is 269. The minimum Gasteiger partial charge on any atom is -0.380 e. The van der Waals surface area contributed by atoms with E-state index in [-0.39, 0.29) is 5.41 Å². The largest absolute Gasteiger partial charge is 0.380 e. The molecule has 3 atom stereocenters. The Balaban J connectivity index is 2.32. The van der Waals surface area contributed by atoms with E-state index in [1.54, 1.807) is 0 Å². The van der Waals surface area contributed by atoms with Crippen LogP contribution in [-0.4, -0.2) is 19.5 Å². The lowest BCUT2D eigenvalue weighted by Crippen LogP contribution is -2.46. The van der Waals surface area contributed by atoms with Crippen LogP contribution in [0.3, 0.4) is 0 Å². The molecule has 1 heterocycles. The van der Waals surface area contributed by atoms with Gasteiger partial charge in [-0.25, -0.2) is 0 Å². The van der Waals surface area contributed by atoms with E-state index >= 15 is 0 Å². The number of carbonyl (C=O) groups is 1. The van der Waals surface area contributed by atoms with E-state index in [0.29, 0.717) is 18.4 Å². The van der Waals surface area contributed by atoms with Gasteiger partial charge in [-0.3, -0.25) is 0 Å². The molecule has 0 amide bonds. The van der Waals surface area contributed by atoms with Gasteiger partial charge in [-0.1, -0.05) is 18.6 Å². The average Bonchev–Trinajstić information content (AvgIpc) is 2.17. The van der Waals surface area contributed by atoms with Crippen LogP contribution in [0.4, 0.5) is 0 Å². The molecule has 0 aromatic rings. The van der Waals surface area contributed by atoms with Gasteiger partial charge in [0.1, 0.15) is 6.29 Å². The molecule has 0 aromatic carbocycles. The smallest absolute Gasteiger partial charge is 0.129 e. The highest BCUT2D eigenvalue weighted by atomic mass is 16.5. The molecule has 1 saturated heterocycles. The fourth-order valence-corrected chi connectivity index (χ4v) is 3.14. The van der Waals surface area contributed by atoms with Crippen LogP contribution in [0, 0.1) is 17.3 Å². The van der Waals surface area contributed by atoms with Gasteiger partial charge in [0.25, 0.3) is 0 Å². The minimum atomic E-state index is -0.212. The molecular weight excluding hydrogens is 176 g/mol. The predicted molar refractivity (Wildman–Crippen MR) is 55.0 cm³/mol. The summed E-state index contributed by atoms with van der Waals surface area (Å²) in [5.41, 5.74) is 1.13. The molecule has 14 heavy (non-hydrogen) atoms. The molecule has 1 fully saturated rings. The molecule has 2 rings (SSSR count). The van der Waals surface area contributed by atoms with Gasteiger partial charge in [0.2, 0.25) is 0 Å². The molecule has 2 nitrogen and oxygen atoms in total. The summed E-state index contributed by atoms with van der Waals surface area (Å²) in [6.45, 7) is 5.78. The lowest BCUT2D eigenvalue weighted by atomic mass is 9.62. The van der Waals surface area contributed by atoms with E-state index < -0.39 is 0 Å². The van der Waals surface area contributed by atoms with Crippen LogP contribution >= 0.6 is 0 Å². The predicted octanol–water partition coefficient (Wildman–Crippen LogP) is 2.19. The summed E-state index contributed by atoms with van der Waals surface area (Å²) in [4.78, 5) is 11.3. The molecule has 0 radical (unpaired) electrons. The average molecular weight is 194 g/mol. The Kier molecular flexibility index (Phi) is 2.48. The van der Waals surface area contributed by atoms with Crippen LogP contribution in [0.2, 0.25) is 0 Å². The van der Waals surface area contributed by atoms with E-state index in [2.05, 4.69) is 19.9 Å². The molecule has 0 aromatic heterocycles. The number of allylic oxidation sites excluding steroid dienone is 2. The van der Waals surface area contributed by atoms with Gasteiger partial charge in [-0.15, -0.1) is 0 Å². The Morgan fingerprint density at radius 2 is 2.43 bits per heavy atom. The zero-order chi connectivity index (χ0) is 10.2. The number of hydrogen-bond donors (Lipinski definition) is 0. The second-order valence-electron chi connectivity index (χ2n) is 4.85. The first-order valence-corrected chi connectivity index (χ1v) is 5.39. The van der Waals surface area contributed by atoms with Crippen molar-refractivity contribution in [3.63, 3.8) is 0 Å². The van der Waals surface area contributed by atoms with Crippen molar-refractivity contribution >= 4 is 6.29 Å². The van der Waals surface area contributed by atoms with Crippen molar-refractivity contribution in [2.24, 2.45) is 17.3 Å². The Hall–Kier alpha value is -0.630. The van der Waals surface area contributed by atoms with Crippen molar-refractivity contribution in [3.05, 3.63) is 11.6 Å². The van der Waals surface area contributed by atoms with Crippen molar-refractivity contribution < 1.29 is 9.53 Å². The Morgan fingerprint density at radius 1 is 1.64 bits per heavy atom. The lowest BCUT2D eigenvalue weighted by molar-refractivity contribution is -0.133. The van der Waals surface area contributed by atoms with E-state index in [0.717, 1.165) is 25.7 Å². The van der Waals surface area contributed by atoms with E-state index in [1.165, 1.54) is 5.57 Å². The summed E-state index contributed by atoms with van der Waals surface area (Å²) in [6, 6.07) is 0. The zero-order valence-electron chi connectivity index (χ0n) is 8.95. The maximum atomic E-state index is 11.3. The van der Waals surface area contributed by atoms with Crippen LogP contribution in [0.5, 0.6) is 0 Å². The third kappa shape index (κ3) is 1.42. The summed E-state index contributed by atoms with van der Waals surface area (Å²) >= 11 is 0. The molecule has 0 N–H and O–H groups in total. The highest BCUT2D eigenvalue weighted by Gasteiger charge is 2.45. The topological polar surface area (TPSA) is 26.3 Å². The first-order chi connectivity index (χ1) is 6.68. The van der Waals surface area contributed by atoms with Crippen molar-refractivity contribution in [3.8, 4) is 0 Å². The molecule has 1 aliphatic heterocycles. The summed E-state index contributed by atoms with van der Waals surface area (Å²) in [7, 11) is 0. The summed E-state index contributed by atoms with van der Waals surface area (Å²) in [6.07, 6.45) is 5.39. The summed E-state index contributed by atoms with van der Waals surface area (Å²) in [5, 5.41) is 0. The van der Waals surface area contributed by atoms with Crippen molar-refractivity contribution in [1.82, 2.24) is 0 Å². The minimum absolute atomic E-state index is 0.212. The fourth-order valence-electron chi connectivity index (χ4n) is 3.14. The Morgan fingerprint density at radius 3 is 3.14 bits per heavy atom. The van der Waals surface area contributed by atoms with E-state index in [4.69, 9.17) is 4.74 Å². The molecule has 0 saturated carbocycles. The van der Waals surface area contributed by atoms with Crippen LogP contribution < -0.4 is 0 Å². The molecule has 0 bridgehead atoms. The van der Waals surface area contributed by atoms with Crippen molar-refractivity contribution in [2.45, 2.75) is 26.7 Å². The quantitative estimate of drug-likeness (QED) is 0.472. The molecule has 2 aliphatic rings. The van der Waals surface area contributed by atoms with Gasteiger partial charge < -0.3 is 9.53 Å². The van der Waals surface area contributed by atoms with Crippen LogP contribution in [0.15, 0.2) is 11.6 Å². The second kappa shape index (κ2) is 3.50. The van der Waals surface area contributed by atoms with Gasteiger partial charge in [-0.05, 0) is 31.6 Å². The highest BCUT2D eigenvalue weighted by molar-refractivity contribution is 5.62. The molecule has 2 heteroatoms. The van der Waals surface area contributed by atoms with Crippen LogP contribution in [0.25, 0.3) is 0 Å². The molecule has 0 spiro atoms. The normalized spacial score (nSPS) is 42.6. The number of fused-ring (bicyclic) bond motifs is 1. The van der Waals surface area contributed by atoms with Crippen LogP contribution in [-0.2, 0) is 9.53 Å². The van der Waals surface area contributed by atoms with Gasteiger partial charge in [0.15, 0.2) is 0 Å². The Labute approximate surface area is 85.3 Å². The van der Waals surface area contributed by atoms with E-state index in [9.17, 15) is 4.79 Å². The number of aldehydes is 1. The lowest BCUT2D eigenvalue weighted by Gasteiger charge is -2.45. The molecule has 3 unspecified atom stereocenters. The number of ether oxygens (including phenoxy) is 1. The molecule has 1 aliphatic carbocycles. The first kappa shape index (κ1) is 9.91. The molecular formula is C12H18O2. The number of carbonyl (C=O) groups excluding carboxylic acids is 1. The van der Waals surface area contributed by atoms with Crippen molar-refractivity contribution in [1.29, 1.82) is 0 Å². The van der Waals surface area contributed by atoms with Gasteiger partial charge in [0.05, 0.1) is 12.0 Å². The standard InChI is InChI=1S/C12H18O2/c1-9-5-10(2)11-3-4-14-8-12(11,6-9)7-13/h5,7,10-11H,3-4,6,8H2,1-2H3. The number of hydrogen-bond acceptors (Lipinski definition) is 2. The molecule has 78 valence electrons. The monoisotopic (exact) mass is 194 g/mol. The summed E-state index contributed by atoms with van der Waals surface area (Å²) in [5.74, 6) is 1.02. The fraction of sp³-hybridized carbons (Fsp3) is 0.750. The van der Waals surface area contributed by atoms with E-state index in [1.807, 2.05) is 0 Å².